The summed E-state index contributed by atoms with van der Waals surface area (Å²) in [6.45, 7) is 0. The summed E-state index contributed by atoms with van der Waals surface area (Å²) < 4.78 is 3.52. The summed E-state index contributed by atoms with van der Waals surface area (Å²) >= 11 is 17.1. The summed E-state index contributed by atoms with van der Waals surface area (Å²) in [7, 11) is 0. The highest BCUT2D eigenvalue weighted by Crippen LogP contribution is 2.36. The molecule has 0 spiro atoms. The van der Waals surface area contributed by atoms with Crippen LogP contribution in [0.5, 0.6) is 0 Å². The smallest absolute Gasteiger partial charge is 0.234 e. The van der Waals surface area contributed by atoms with Crippen LogP contribution in [-0.2, 0) is 3.79 Å². The van der Waals surface area contributed by atoms with Crippen LogP contribution in [-0.4, -0.2) is 15.4 Å². The number of halogens is 3. The zero-order valence-corrected chi connectivity index (χ0v) is 10.6. The molecule has 0 aliphatic heterocycles. The van der Waals surface area contributed by atoms with Crippen LogP contribution in [0.15, 0.2) is 28.9 Å². The molecule has 0 aromatic carbocycles. The second kappa shape index (κ2) is 5.04. The van der Waals surface area contributed by atoms with Gasteiger partial charge in [0.15, 0.2) is 0 Å². The van der Waals surface area contributed by atoms with Crippen molar-refractivity contribution in [3.05, 3.63) is 41.6 Å². The van der Waals surface area contributed by atoms with Gasteiger partial charge in [-0.15, -0.1) is 10.2 Å². The molecule has 2 aromatic heterocycles. The minimum atomic E-state index is -1.61. The van der Waals surface area contributed by atoms with Crippen LogP contribution in [0.2, 0.25) is 0 Å². The van der Waals surface area contributed by atoms with Crippen molar-refractivity contribution in [3.63, 3.8) is 0 Å². The molecular formula is C10H6Cl3N3O. The first kappa shape index (κ1) is 12.4. The molecule has 17 heavy (non-hydrogen) atoms. The fourth-order valence-corrected chi connectivity index (χ4v) is 1.37. The van der Waals surface area contributed by atoms with Crippen molar-refractivity contribution in [1.82, 2.24) is 15.4 Å². The highest BCUT2D eigenvalue weighted by molar-refractivity contribution is 6.66. The maximum Gasteiger partial charge on any atom is 0.234 e. The van der Waals surface area contributed by atoms with Crippen LogP contribution in [0.1, 0.15) is 17.1 Å². The van der Waals surface area contributed by atoms with E-state index in [1.807, 2.05) is 0 Å². The number of nitrogens with zero attached hydrogens (tertiary/aromatic N) is 3. The SMILES string of the molecule is ClC(Cl)(Cl)c1cc(C=Cc2ccco2)nnn1. The van der Waals surface area contributed by atoms with Gasteiger partial charge in [0.05, 0.1) is 12.0 Å². The van der Waals surface area contributed by atoms with E-state index in [1.54, 1.807) is 36.6 Å². The van der Waals surface area contributed by atoms with Gasteiger partial charge >= 0.3 is 0 Å². The summed E-state index contributed by atoms with van der Waals surface area (Å²) in [6, 6.07) is 5.13. The monoisotopic (exact) mass is 289 g/mol. The van der Waals surface area contributed by atoms with Crippen molar-refractivity contribution in [2.24, 2.45) is 0 Å². The van der Waals surface area contributed by atoms with Crippen LogP contribution >= 0.6 is 34.8 Å². The van der Waals surface area contributed by atoms with Gasteiger partial charge in [-0.1, -0.05) is 34.8 Å². The zero-order valence-electron chi connectivity index (χ0n) is 8.35. The first-order valence-corrected chi connectivity index (χ1v) is 5.68. The van der Waals surface area contributed by atoms with E-state index in [4.69, 9.17) is 39.2 Å². The Balaban J connectivity index is 2.23. The van der Waals surface area contributed by atoms with E-state index in [-0.39, 0.29) is 5.69 Å². The number of alkyl halides is 3. The van der Waals surface area contributed by atoms with Crippen LogP contribution in [0.4, 0.5) is 0 Å². The van der Waals surface area contributed by atoms with Gasteiger partial charge in [0, 0.05) is 0 Å². The maximum atomic E-state index is 5.69. The quantitative estimate of drug-likeness (QED) is 0.795. The fraction of sp³-hybridized carbons (Fsp3) is 0.100. The number of hydrogen-bond acceptors (Lipinski definition) is 4. The van der Waals surface area contributed by atoms with Crippen LogP contribution in [0.3, 0.4) is 0 Å². The lowest BCUT2D eigenvalue weighted by molar-refractivity contribution is 0.557. The lowest BCUT2D eigenvalue weighted by atomic mass is 10.3. The Morgan fingerprint density at radius 1 is 1.18 bits per heavy atom. The maximum absolute atomic E-state index is 5.69. The zero-order chi connectivity index (χ0) is 12.3. The van der Waals surface area contributed by atoms with Gasteiger partial charge in [0.2, 0.25) is 3.79 Å². The summed E-state index contributed by atoms with van der Waals surface area (Å²) in [4.78, 5) is 0. The van der Waals surface area contributed by atoms with Crippen LogP contribution in [0, 0.1) is 0 Å². The largest absolute Gasteiger partial charge is 0.465 e. The molecule has 88 valence electrons. The third-order valence-corrected chi connectivity index (χ3v) is 2.43. The Morgan fingerprint density at radius 2 is 2.00 bits per heavy atom. The van der Waals surface area contributed by atoms with E-state index in [0.717, 1.165) is 0 Å². The summed E-state index contributed by atoms with van der Waals surface area (Å²) in [5.74, 6) is 0.694. The molecule has 0 fully saturated rings. The molecule has 0 aliphatic rings. The van der Waals surface area contributed by atoms with E-state index < -0.39 is 3.79 Å². The van der Waals surface area contributed by atoms with E-state index in [0.29, 0.717) is 11.5 Å². The molecule has 2 aromatic rings. The molecule has 0 N–H and O–H groups in total. The molecule has 0 aliphatic carbocycles. The Morgan fingerprint density at radius 3 is 2.65 bits per heavy atom. The Kier molecular flexibility index (Phi) is 3.66. The molecule has 7 heteroatoms. The molecule has 2 heterocycles. The summed E-state index contributed by atoms with van der Waals surface area (Å²) in [5, 5.41) is 10.9. The molecule has 0 atom stereocenters. The second-order valence-corrected chi connectivity index (χ2v) is 5.37. The van der Waals surface area contributed by atoms with E-state index in [1.165, 1.54) is 0 Å². The minimum Gasteiger partial charge on any atom is -0.465 e. The second-order valence-electron chi connectivity index (χ2n) is 3.09. The average molecular weight is 291 g/mol. The van der Waals surface area contributed by atoms with Crippen molar-refractivity contribution >= 4 is 47.0 Å². The van der Waals surface area contributed by atoms with Gasteiger partial charge in [0.1, 0.15) is 11.5 Å². The van der Waals surface area contributed by atoms with Crippen molar-refractivity contribution in [1.29, 1.82) is 0 Å². The molecule has 2 rings (SSSR count). The highest BCUT2D eigenvalue weighted by Gasteiger charge is 2.25. The molecular weight excluding hydrogens is 284 g/mol. The lowest BCUT2D eigenvalue weighted by Crippen LogP contribution is -2.06. The lowest BCUT2D eigenvalue weighted by Gasteiger charge is -2.07. The van der Waals surface area contributed by atoms with Gasteiger partial charge in [-0.25, -0.2) is 0 Å². The van der Waals surface area contributed by atoms with Gasteiger partial charge in [-0.2, -0.15) is 0 Å². The molecule has 0 saturated heterocycles. The van der Waals surface area contributed by atoms with E-state index in [9.17, 15) is 0 Å². The van der Waals surface area contributed by atoms with Gasteiger partial charge in [0.25, 0.3) is 0 Å². The summed E-state index contributed by atoms with van der Waals surface area (Å²) in [6.07, 6.45) is 4.99. The molecule has 4 nitrogen and oxygen atoms in total. The van der Waals surface area contributed by atoms with Crippen molar-refractivity contribution < 1.29 is 4.42 Å². The Hall–Kier alpha value is -1.10. The fourth-order valence-electron chi connectivity index (χ4n) is 1.09. The molecule has 0 amide bonds. The van der Waals surface area contributed by atoms with Crippen molar-refractivity contribution in [2.45, 2.75) is 3.79 Å². The third kappa shape index (κ3) is 3.43. The van der Waals surface area contributed by atoms with Gasteiger partial charge in [-0.05, 0) is 35.6 Å². The Labute approximate surface area is 112 Å². The minimum absolute atomic E-state index is 0.219. The average Bonchev–Trinajstić information content (AvgIpc) is 2.78. The van der Waals surface area contributed by atoms with E-state index >= 15 is 0 Å². The van der Waals surface area contributed by atoms with Crippen LogP contribution in [0.25, 0.3) is 12.2 Å². The first-order chi connectivity index (χ1) is 8.05. The first-order valence-electron chi connectivity index (χ1n) is 4.55. The molecule has 0 radical (unpaired) electrons. The highest BCUT2D eigenvalue weighted by atomic mass is 35.6. The third-order valence-electron chi connectivity index (χ3n) is 1.85. The Bertz CT molecular complexity index is 520. The molecule has 0 saturated carbocycles. The van der Waals surface area contributed by atoms with Crippen molar-refractivity contribution in [3.8, 4) is 0 Å². The topological polar surface area (TPSA) is 51.8 Å². The predicted molar refractivity (Wildman–Crippen MR) is 66.7 cm³/mol. The van der Waals surface area contributed by atoms with Crippen molar-refractivity contribution in [2.75, 3.05) is 0 Å². The molecule has 0 bridgehead atoms. The number of rotatable bonds is 2. The number of furan rings is 1. The standard InChI is InChI=1S/C10H6Cl3N3O/c11-10(12,13)9-6-7(14-16-15-9)3-4-8-2-1-5-17-8/h1-6H. The molecule has 0 unspecified atom stereocenters. The van der Waals surface area contributed by atoms with Crippen LogP contribution < -0.4 is 0 Å². The number of aromatic nitrogens is 3. The summed E-state index contributed by atoms with van der Waals surface area (Å²) in [5.41, 5.74) is 0.745. The number of hydrogen-bond donors (Lipinski definition) is 0. The van der Waals surface area contributed by atoms with Gasteiger partial charge in [-0.3, -0.25) is 0 Å². The normalized spacial score (nSPS) is 12.2. The predicted octanol–water partition coefficient (Wildman–Crippen LogP) is 3.46. The van der Waals surface area contributed by atoms with E-state index in [2.05, 4.69) is 15.4 Å². The van der Waals surface area contributed by atoms with Gasteiger partial charge < -0.3 is 4.42 Å².